The van der Waals surface area contributed by atoms with E-state index < -0.39 is 0 Å². The molecule has 0 aromatic heterocycles. The van der Waals surface area contributed by atoms with Gasteiger partial charge in [0, 0.05) is 23.9 Å². The highest BCUT2D eigenvalue weighted by Gasteiger charge is 2.61. The van der Waals surface area contributed by atoms with Crippen LogP contribution in [0.3, 0.4) is 0 Å². The van der Waals surface area contributed by atoms with Gasteiger partial charge >= 0.3 is 0 Å². The van der Waals surface area contributed by atoms with E-state index in [2.05, 4.69) is 23.1 Å². The molecule has 3 rings (SSSR count). The Morgan fingerprint density at radius 1 is 1.33 bits per heavy atom. The van der Waals surface area contributed by atoms with Crippen LogP contribution in [0.15, 0.2) is 30.3 Å². The fourth-order valence-corrected chi connectivity index (χ4v) is 4.52. The molecule has 1 aromatic rings. The predicted octanol–water partition coefficient (Wildman–Crippen LogP) is 3.02. The Hall–Kier alpha value is -1.66. The van der Waals surface area contributed by atoms with E-state index in [0.29, 0.717) is 0 Å². The maximum atomic E-state index is 12.5. The van der Waals surface area contributed by atoms with Gasteiger partial charge in [0.05, 0.1) is 12.0 Å². The third kappa shape index (κ3) is 2.01. The van der Waals surface area contributed by atoms with Crippen molar-refractivity contribution < 1.29 is 4.79 Å². The minimum Gasteiger partial charge on any atom is -0.299 e. The summed E-state index contributed by atoms with van der Waals surface area (Å²) in [5.41, 5.74) is 1.01. The van der Waals surface area contributed by atoms with Gasteiger partial charge in [0.2, 0.25) is 0 Å². The number of Topliss-reactive ketones (excluding diaryl/α,β-unsaturated/α-hetero) is 1. The molecule has 3 heteroatoms. The summed E-state index contributed by atoms with van der Waals surface area (Å²) in [5.74, 6) is -0.0857. The van der Waals surface area contributed by atoms with Crippen molar-refractivity contribution in [2.75, 3.05) is 6.54 Å². The highest BCUT2D eigenvalue weighted by molar-refractivity contribution is 5.88. The first-order chi connectivity index (χ1) is 10.1. The second-order valence-corrected chi connectivity index (χ2v) is 6.52. The number of rotatable bonds is 2. The van der Waals surface area contributed by atoms with E-state index in [1.54, 1.807) is 0 Å². The van der Waals surface area contributed by atoms with Crippen LogP contribution in [-0.2, 0) is 11.3 Å². The summed E-state index contributed by atoms with van der Waals surface area (Å²) in [7, 11) is 0. The summed E-state index contributed by atoms with van der Waals surface area (Å²) in [5, 5.41) is 9.65. The van der Waals surface area contributed by atoms with Gasteiger partial charge in [-0.1, -0.05) is 44.2 Å². The van der Waals surface area contributed by atoms with Crippen molar-refractivity contribution in [2.45, 2.75) is 38.8 Å². The smallest absolute Gasteiger partial charge is 0.141 e. The van der Waals surface area contributed by atoms with E-state index in [9.17, 15) is 10.1 Å². The number of nitriles is 1. The quantitative estimate of drug-likeness (QED) is 0.837. The zero-order chi connectivity index (χ0) is 15.0. The fraction of sp³-hybridized carbons (Fsp3) is 0.556. The number of likely N-dealkylation sites (tertiary alicyclic amines) is 1. The monoisotopic (exact) mass is 282 g/mol. The molecule has 1 saturated heterocycles. The van der Waals surface area contributed by atoms with Crippen LogP contribution in [0, 0.1) is 29.1 Å². The average Bonchev–Trinajstić information content (AvgIpc) is 2.98. The topological polar surface area (TPSA) is 44.1 Å². The zero-order valence-electron chi connectivity index (χ0n) is 12.7. The van der Waals surface area contributed by atoms with Gasteiger partial charge in [0.15, 0.2) is 0 Å². The second-order valence-electron chi connectivity index (χ2n) is 6.52. The molecule has 0 N–H and O–H groups in total. The van der Waals surface area contributed by atoms with Crippen LogP contribution in [0.25, 0.3) is 0 Å². The lowest BCUT2D eigenvalue weighted by molar-refractivity contribution is -0.124. The minimum absolute atomic E-state index is 0.0386. The van der Waals surface area contributed by atoms with Crippen LogP contribution in [0.5, 0.6) is 0 Å². The van der Waals surface area contributed by atoms with Crippen molar-refractivity contribution in [1.29, 1.82) is 5.26 Å². The fourth-order valence-electron chi connectivity index (χ4n) is 4.52. The Kier molecular flexibility index (Phi) is 3.59. The van der Waals surface area contributed by atoms with Gasteiger partial charge in [-0.15, -0.1) is 0 Å². The Morgan fingerprint density at radius 2 is 2.05 bits per heavy atom. The molecule has 1 aromatic carbocycles. The number of carbonyl (C=O) groups excluding carboxylic acids is 1. The van der Waals surface area contributed by atoms with E-state index in [-0.39, 0.29) is 29.1 Å². The third-order valence-electron chi connectivity index (χ3n) is 5.61. The maximum absolute atomic E-state index is 12.5. The number of carbonyl (C=O) groups is 1. The lowest BCUT2D eigenvalue weighted by Crippen LogP contribution is -2.51. The molecular weight excluding hydrogens is 260 g/mol. The SMILES string of the molecule is CC1C(=O)C(C)C2(CCCN2Cc2ccccc2)C1C#N. The molecule has 21 heavy (non-hydrogen) atoms. The van der Waals surface area contributed by atoms with Crippen LogP contribution in [-0.4, -0.2) is 22.8 Å². The number of hydrogen-bond acceptors (Lipinski definition) is 3. The summed E-state index contributed by atoms with van der Waals surface area (Å²) >= 11 is 0. The van der Waals surface area contributed by atoms with E-state index in [0.717, 1.165) is 25.9 Å². The van der Waals surface area contributed by atoms with E-state index >= 15 is 0 Å². The van der Waals surface area contributed by atoms with Gasteiger partial charge in [-0.3, -0.25) is 9.69 Å². The Balaban J connectivity index is 1.95. The number of hydrogen-bond donors (Lipinski definition) is 0. The van der Waals surface area contributed by atoms with E-state index in [4.69, 9.17) is 0 Å². The Bertz CT molecular complexity index is 577. The average molecular weight is 282 g/mol. The molecular formula is C18H22N2O. The third-order valence-corrected chi connectivity index (χ3v) is 5.61. The summed E-state index contributed by atoms with van der Waals surface area (Å²) in [6.07, 6.45) is 2.05. The van der Waals surface area contributed by atoms with Gasteiger partial charge in [-0.2, -0.15) is 5.26 Å². The van der Waals surface area contributed by atoms with Crippen molar-refractivity contribution in [2.24, 2.45) is 17.8 Å². The minimum atomic E-state index is -0.249. The molecule has 3 nitrogen and oxygen atoms in total. The van der Waals surface area contributed by atoms with E-state index in [1.165, 1.54) is 5.56 Å². The van der Waals surface area contributed by atoms with Crippen LogP contribution in [0.4, 0.5) is 0 Å². The predicted molar refractivity (Wildman–Crippen MR) is 81.3 cm³/mol. The molecule has 0 bridgehead atoms. The van der Waals surface area contributed by atoms with Crippen LogP contribution in [0.1, 0.15) is 32.3 Å². The van der Waals surface area contributed by atoms with Crippen LogP contribution in [0.2, 0.25) is 0 Å². The van der Waals surface area contributed by atoms with Gasteiger partial charge in [-0.05, 0) is 24.9 Å². The lowest BCUT2D eigenvalue weighted by atomic mass is 9.78. The van der Waals surface area contributed by atoms with Crippen molar-refractivity contribution in [1.82, 2.24) is 4.90 Å². The highest BCUT2D eigenvalue weighted by atomic mass is 16.1. The molecule has 1 heterocycles. The van der Waals surface area contributed by atoms with Crippen molar-refractivity contribution >= 4 is 5.78 Å². The maximum Gasteiger partial charge on any atom is 0.141 e. The van der Waals surface area contributed by atoms with Crippen LogP contribution < -0.4 is 0 Å². The molecule has 0 amide bonds. The number of benzene rings is 1. The van der Waals surface area contributed by atoms with Crippen molar-refractivity contribution in [3.63, 3.8) is 0 Å². The molecule has 2 aliphatic rings. The largest absolute Gasteiger partial charge is 0.299 e. The standard InChI is InChI=1S/C18H22N2O/c1-13-16(11-19)18(14(2)17(13)21)9-6-10-20(18)12-15-7-4-3-5-8-15/h3-5,7-8,13-14,16H,6,9-10,12H2,1-2H3. The highest BCUT2D eigenvalue weighted by Crippen LogP contribution is 2.51. The molecule has 1 saturated carbocycles. The molecule has 1 spiro atoms. The lowest BCUT2D eigenvalue weighted by Gasteiger charge is -2.41. The molecule has 2 fully saturated rings. The summed E-state index contributed by atoms with van der Waals surface area (Å²) in [6, 6.07) is 12.8. The van der Waals surface area contributed by atoms with Crippen molar-refractivity contribution in [3.8, 4) is 6.07 Å². The molecule has 4 unspecified atom stereocenters. The summed E-state index contributed by atoms with van der Waals surface area (Å²) < 4.78 is 0. The Labute approximate surface area is 126 Å². The summed E-state index contributed by atoms with van der Waals surface area (Å²) in [6.45, 7) is 5.78. The van der Waals surface area contributed by atoms with Crippen LogP contribution >= 0.6 is 0 Å². The Morgan fingerprint density at radius 3 is 2.71 bits per heavy atom. The first kappa shape index (κ1) is 14.3. The van der Waals surface area contributed by atoms with Gasteiger partial charge < -0.3 is 0 Å². The normalized spacial score (nSPS) is 36.2. The molecule has 1 aliphatic carbocycles. The number of ketones is 1. The van der Waals surface area contributed by atoms with E-state index in [1.807, 2.05) is 32.0 Å². The van der Waals surface area contributed by atoms with Gasteiger partial charge in [0.25, 0.3) is 0 Å². The molecule has 1 aliphatic heterocycles. The van der Waals surface area contributed by atoms with Gasteiger partial charge in [0.1, 0.15) is 5.78 Å². The number of nitrogens with zero attached hydrogens (tertiary/aromatic N) is 2. The molecule has 110 valence electrons. The second kappa shape index (κ2) is 5.27. The first-order valence-corrected chi connectivity index (χ1v) is 7.83. The van der Waals surface area contributed by atoms with Gasteiger partial charge in [-0.25, -0.2) is 0 Å². The molecule has 0 radical (unpaired) electrons. The zero-order valence-corrected chi connectivity index (χ0v) is 12.7. The van der Waals surface area contributed by atoms with Crippen molar-refractivity contribution in [3.05, 3.63) is 35.9 Å². The first-order valence-electron chi connectivity index (χ1n) is 7.83. The summed E-state index contributed by atoms with van der Waals surface area (Å²) in [4.78, 5) is 14.9. The molecule has 4 atom stereocenters.